The van der Waals surface area contributed by atoms with Gasteiger partial charge in [-0.3, -0.25) is 4.79 Å². The topological polar surface area (TPSA) is 80.9 Å². The average Bonchev–Trinajstić information content (AvgIpc) is 2.38. The third kappa shape index (κ3) is 3.00. The standard InChI is InChI=1S/C13H12Cl2N4O/c1-6-3-9(16)10(4-7(6)2)17-13(20)8-5-11(14)18-19-12(8)15/h3-5H,16H2,1-2H3,(H,17,20). The Morgan fingerprint density at radius 1 is 1.15 bits per heavy atom. The Balaban J connectivity index is 2.32. The molecular weight excluding hydrogens is 299 g/mol. The van der Waals surface area contributed by atoms with Gasteiger partial charge in [0, 0.05) is 0 Å². The van der Waals surface area contributed by atoms with Crippen LogP contribution in [0.25, 0.3) is 0 Å². The highest BCUT2D eigenvalue weighted by Crippen LogP contribution is 2.24. The Labute approximate surface area is 126 Å². The second kappa shape index (κ2) is 5.64. The number of nitrogens with two attached hydrogens (primary N) is 1. The zero-order valence-electron chi connectivity index (χ0n) is 10.9. The first-order valence-electron chi connectivity index (χ1n) is 5.75. The monoisotopic (exact) mass is 310 g/mol. The molecule has 1 aromatic carbocycles. The lowest BCUT2D eigenvalue weighted by Gasteiger charge is -2.11. The van der Waals surface area contributed by atoms with Crippen LogP contribution in [0, 0.1) is 13.8 Å². The summed E-state index contributed by atoms with van der Waals surface area (Å²) in [5.41, 5.74) is 9.09. The smallest absolute Gasteiger partial charge is 0.259 e. The molecule has 0 aliphatic rings. The summed E-state index contributed by atoms with van der Waals surface area (Å²) in [5.74, 6) is -0.443. The third-order valence-corrected chi connectivity index (χ3v) is 3.34. The van der Waals surface area contributed by atoms with Gasteiger partial charge in [0.1, 0.15) is 0 Å². The molecule has 0 saturated heterocycles. The van der Waals surface area contributed by atoms with Gasteiger partial charge in [-0.05, 0) is 43.2 Å². The Morgan fingerprint density at radius 3 is 2.50 bits per heavy atom. The van der Waals surface area contributed by atoms with Gasteiger partial charge in [0.15, 0.2) is 10.3 Å². The van der Waals surface area contributed by atoms with Crippen LogP contribution in [-0.2, 0) is 0 Å². The summed E-state index contributed by atoms with van der Waals surface area (Å²) in [6.45, 7) is 3.88. The fourth-order valence-corrected chi connectivity index (χ4v) is 1.97. The van der Waals surface area contributed by atoms with Gasteiger partial charge < -0.3 is 11.1 Å². The van der Waals surface area contributed by atoms with Crippen molar-refractivity contribution in [3.05, 3.63) is 45.2 Å². The third-order valence-electron chi connectivity index (χ3n) is 2.88. The van der Waals surface area contributed by atoms with Crippen LogP contribution in [0.3, 0.4) is 0 Å². The van der Waals surface area contributed by atoms with Gasteiger partial charge in [-0.15, -0.1) is 10.2 Å². The molecule has 0 unspecified atom stereocenters. The summed E-state index contributed by atoms with van der Waals surface area (Å²) in [5, 5.41) is 9.90. The molecule has 7 heteroatoms. The minimum Gasteiger partial charge on any atom is -0.397 e. The lowest BCUT2D eigenvalue weighted by atomic mass is 10.1. The number of hydrogen-bond acceptors (Lipinski definition) is 4. The highest BCUT2D eigenvalue weighted by molar-refractivity contribution is 6.34. The quantitative estimate of drug-likeness (QED) is 0.834. The number of halogens is 2. The molecule has 0 atom stereocenters. The molecule has 2 rings (SSSR count). The van der Waals surface area contributed by atoms with Gasteiger partial charge in [0.2, 0.25) is 0 Å². The summed E-state index contributed by atoms with van der Waals surface area (Å²) in [7, 11) is 0. The first-order chi connectivity index (χ1) is 9.38. The molecule has 0 radical (unpaired) electrons. The molecule has 0 aliphatic heterocycles. The number of anilines is 2. The second-order valence-electron chi connectivity index (χ2n) is 4.35. The van der Waals surface area contributed by atoms with Gasteiger partial charge in [0.25, 0.3) is 5.91 Å². The predicted molar refractivity (Wildman–Crippen MR) is 80.3 cm³/mol. The van der Waals surface area contributed by atoms with E-state index in [4.69, 9.17) is 28.9 Å². The van der Waals surface area contributed by atoms with Crippen LogP contribution in [0.4, 0.5) is 11.4 Å². The maximum Gasteiger partial charge on any atom is 0.259 e. The van der Waals surface area contributed by atoms with E-state index in [1.165, 1.54) is 6.07 Å². The molecule has 0 bridgehead atoms. The van der Waals surface area contributed by atoms with Crippen LogP contribution in [0.15, 0.2) is 18.2 Å². The lowest BCUT2D eigenvalue weighted by molar-refractivity contribution is 0.102. The van der Waals surface area contributed by atoms with E-state index >= 15 is 0 Å². The molecule has 1 aromatic heterocycles. The van der Waals surface area contributed by atoms with E-state index in [0.29, 0.717) is 11.4 Å². The zero-order chi connectivity index (χ0) is 14.9. The van der Waals surface area contributed by atoms with Crippen LogP contribution < -0.4 is 11.1 Å². The molecule has 1 heterocycles. The van der Waals surface area contributed by atoms with Gasteiger partial charge in [-0.25, -0.2) is 0 Å². The number of nitrogen functional groups attached to an aromatic ring is 1. The summed E-state index contributed by atoms with van der Waals surface area (Å²) >= 11 is 11.5. The van der Waals surface area contributed by atoms with Crippen molar-refractivity contribution < 1.29 is 4.79 Å². The number of aromatic nitrogens is 2. The van der Waals surface area contributed by atoms with Gasteiger partial charge >= 0.3 is 0 Å². The summed E-state index contributed by atoms with van der Waals surface area (Å²) in [4.78, 5) is 12.2. The maximum absolute atomic E-state index is 12.2. The van der Waals surface area contributed by atoms with E-state index in [1.807, 2.05) is 13.8 Å². The largest absolute Gasteiger partial charge is 0.397 e. The fourth-order valence-electron chi connectivity index (χ4n) is 1.65. The molecule has 5 nitrogen and oxygen atoms in total. The van der Waals surface area contributed by atoms with E-state index in [0.717, 1.165) is 11.1 Å². The lowest BCUT2D eigenvalue weighted by Crippen LogP contribution is -2.15. The number of hydrogen-bond donors (Lipinski definition) is 2. The van der Waals surface area contributed by atoms with Crippen molar-refractivity contribution in [2.75, 3.05) is 11.1 Å². The number of nitrogens with zero attached hydrogens (tertiary/aromatic N) is 2. The highest BCUT2D eigenvalue weighted by atomic mass is 35.5. The average molecular weight is 311 g/mol. The summed E-state index contributed by atoms with van der Waals surface area (Å²) < 4.78 is 0. The normalized spacial score (nSPS) is 10.4. The minimum absolute atomic E-state index is 0.0192. The van der Waals surface area contributed by atoms with Crippen molar-refractivity contribution in [3.8, 4) is 0 Å². The fraction of sp³-hybridized carbons (Fsp3) is 0.154. The van der Waals surface area contributed by atoms with Crippen LogP contribution >= 0.6 is 23.2 Å². The van der Waals surface area contributed by atoms with Crippen molar-refractivity contribution in [1.29, 1.82) is 0 Å². The molecule has 20 heavy (non-hydrogen) atoms. The number of rotatable bonds is 2. The Morgan fingerprint density at radius 2 is 1.80 bits per heavy atom. The molecule has 104 valence electrons. The van der Waals surface area contributed by atoms with E-state index in [2.05, 4.69) is 15.5 Å². The van der Waals surface area contributed by atoms with Crippen LogP contribution in [0.2, 0.25) is 10.3 Å². The number of carbonyl (C=O) groups is 1. The van der Waals surface area contributed by atoms with Crippen molar-refractivity contribution in [1.82, 2.24) is 10.2 Å². The van der Waals surface area contributed by atoms with E-state index in [1.54, 1.807) is 12.1 Å². The van der Waals surface area contributed by atoms with Crippen molar-refractivity contribution >= 4 is 40.5 Å². The number of amides is 1. The summed E-state index contributed by atoms with van der Waals surface area (Å²) in [6, 6.07) is 4.94. The number of nitrogens with one attached hydrogen (secondary N) is 1. The Hall–Kier alpha value is -1.85. The molecule has 2 aromatic rings. The molecular formula is C13H12Cl2N4O. The van der Waals surface area contributed by atoms with E-state index in [-0.39, 0.29) is 15.9 Å². The first kappa shape index (κ1) is 14.6. The zero-order valence-corrected chi connectivity index (χ0v) is 12.4. The number of aryl methyl sites for hydroxylation is 2. The van der Waals surface area contributed by atoms with Crippen LogP contribution in [-0.4, -0.2) is 16.1 Å². The molecule has 0 saturated carbocycles. The van der Waals surface area contributed by atoms with Gasteiger partial charge in [-0.1, -0.05) is 23.2 Å². The predicted octanol–water partition coefficient (Wildman–Crippen LogP) is 3.23. The van der Waals surface area contributed by atoms with Crippen LogP contribution in [0.1, 0.15) is 21.5 Å². The summed E-state index contributed by atoms with van der Waals surface area (Å²) in [6.07, 6.45) is 0. The Bertz CT molecular complexity index is 688. The molecule has 0 fully saturated rings. The highest BCUT2D eigenvalue weighted by Gasteiger charge is 2.15. The molecule has 0 aliphatic carbocycles. The van der Waals surface area contributed by atoms with Gasteiger partial charge in [-0.2, -0.15) is 0 Å². The van der Waals surface area contributed by atoms with E-state index in [9.17, 15) is 4.79 Å². The second-order valence-corrected chi connectivity index (χ2v) is 5.09. The first-order valence-corrected chi connectivity index (χ1v) is 6.51. The van der Waals surface area contributed by atoms with Crippen molar-refractivity contribution in [3.63, 3.8) is 0 Å². The molecule has 1 amide bonds. The SMILES string of the molecule is Cc1cc(N)c(NC(=O)c2cc(Cl)nnc2Cl)cc1C. The van der Waals surface area contributed by atoms with Crippen LogP contribution in [0.5, 0.6) is 0 Å². The van der Waals surface area contributed by atoms with Crippen molar-refractivity contribution in [2.24, 2.45) is 0 Å². The van der Waals surface area contributed by atoms with Crippen molar-refractivity contribution in [2.45, 2.75) is 13.8 Å². The minimum atomic E-state index is -0.443. The number of benzene rings is 1. The maximum atomic E-state index is 12.2. The molecule has 3 N–H and O–H groups in total. The number of carbonyl (C=O) groups excluding carboxylic acids is 1. The Kier molecular flexibility index (Phi) is 4.11. The molecule has 0 spiro atoms. The van der Waals surface area contributed by atoms with Gasteiger partial charge in [0.05, 0.1) is 16.9 Å². The van der Waals surface area contributed by atoms with E-state index < -0.39 is 5.91 Å².